The number of amides is 2. The maximum Gasteiger partial charge on any atom is 0.246 e. The lowest BCUT2D eigenvalue weighted by Gasteiger charge is -2.12. The van der Waals surface area contributed by atoms with Gasteiger partial charge in [-0.05, 0) is 24.6 Å². The molecule has 0 spiro atoms. The smallest absolute Gasteiger partial charge is 0.246 e. The van der Waals surface area contributed by atoms with Crippen LogP contribution in [0.5, 0.6) is 0 Å². The molecular weight excluding hydrogens is 292 g/mol. The number of nitrogens with two attached hydrogens (primary N) is 1. The summed E-state index contributed by atoms with van der Waals surface area (Å²) in [5, 5.41) is 4.28. The topological polar surface area (TPSA) is 81.2 Å². The summed E-state index contributed by atoms with van der Waals surface area (Å²) in [5.41, 5.74) is 7.08. The number of nitrogens with zero attached hydrogens (tertiary/aromatic N) is 3. The lowest BCUT2D eigenvalue weighted by atomic mass is 10.1. The van der Waals surface area contributed by atoms with Gasteiger partial charge in [0, 0.05) is 30.9 Å². The van der Waals surface area contributed by atoms with E-state index in [2.05, 4.69) is 5.10 Å². The van der Waals surface area contributed by atoms with Gasteiger partial charge in [0.1, 0.15) is 0 Å². The number of para-hydroxylation sites is 1. The molecule has 0 aliphatic carbocycles. The van der Waals surface area contributed by atoms with Crippen molar-refractivity contribution in [1.29, 1.82) is 0 Å². The summed E-state index contributed by atoms with van der Waals surface area (Å²) in [4.78, 5) is 24.9. The van der Waals surface area contributed by atoms with Gasteiger partial charge in [-0.15, -0.1) is 0 Å². The van der Waals surface area contributed by atoms with Gasteiger partial charge in [0.25, 0.3) is 0 Å². The Morgan fingerprint density at radius 3 is 2.74 bits per heavy atom. The molecule has 3 rings (SSSR count). The molecule has 1 fully saturated rings. The monoisotopic (exact) mass is 310 g/mol. The Morgan fingerprint density at radius 1 is 1.26 bits per heavy atom. The van der Waals surface area contributed by atoms with Crippen molar-refractivity contribution in [3.05, 3.63) is 54.4 Å². The molecule has 0 radical (unpaired) electrons. The molecule has 1 atom stereocenters. The van der Waals surface area contributed by atoms with E-state index >= 15 is 0 Å². The number of carbonyl (C=O) groups excluding carboxylic acids is 2. The van der Waals surface area contributed by atoms with Crippen LogP contribution < -0.4 is 5.73 Å². The maximum atomic E-state index is 12.1. The number of hydrogen-bond acceptors (Lipinski definition) is 3. The Morgan fingerprint density at radius 2 is 2.04 bits per heavy atom. The molecule has 2 aromatic rings. The highest BCUT2D eigenvalue weighted by atomic mass is 16.2. The Balaban J connectivity index is 1.63. The highest BCUT2D eigenvalue weighted by Crippen LogP contribution is 2.16. The van der Waals surface area contributed by atoms with Crippen molar-refractivity contribution in [3.63, 3.8) is 0 Å². The Labute approximate surface area is 134 Å². The first-order valence-corrected chi connectivity index (χ1v) is 7.50. The molecule has 118 valence electrons. The standard InChI is InChI=1S/C17H18N4O2/c18-17(23)14-8-9-20(12-14)16(22)7-6-13-10-19-21(11-13)15-4-2-1-3-5-15/h1-7,10-11,14H,8-9,12H2,(H2,18,23)/b7-6-/t14-/m1/s1. The van der Waals surface area contributed by atoms with Crippen LogP contribution in [0.2, 0.25) is 0 Å². The van der Waals surface area contributed by atoms with Gasteiger partial charge in [-0.3, -0.25) is 9.59 Å². The zero-order valence-electron chi connectivity index (χ0n) is 12.6. The van der Waals surface area contributed by atoms with E-state index in [1.165, 1.54) is 6.08 Å². The van der Waals surface area contributed by atoms with Crippen LogP contribution in [0.3, 0.4) is 0 Å². The minimum atomic E-state index is -0.339. The highest BCUT2D eigenvalue weighted by molar-refractivity contribution is 5.92. The second-order valence-corrected chi connectivity index (χ2v) is 5.56. The van der Waals surface area contributed by atoms with E-state index in [0.29, 0.717) is 19.5 Å². The van der Waals surface area contributed by atoms with E-state index in [-0.39, 0.29) is 17.7 Å². The second-order valence-electron chi connectivity index (χ2n) is 5.56. The van der Waals surface area contributed by atoms with Crippen LogP contribution in [-0.4, -0.2) is 39.6 Å². The van der Waals surface area contributed by atoms with Crippen molar-refractivity contribution < 1.29 is 9.59 Å². The highest BCUT2D eigenvalue weighted by Gasteiger charge is 2.28. The molecule has 1 saturated heterocycles. The molecule has 6 nitrogen and oxygen atoms in total. The minimum absolute atomic E-state index is 0.110. The van der Waals surface area contributed by atoms with Crippen molar-refractivity contribution in [2.24, 2.45) is 11.7 Å². The van der Waals surface area contributed by atoms with Crippen LogP contribution in [0.15, 0.2) is 48.8 Å². The SMILES string of the molecule is NC(=O)[C@@H]1CCN(C(=O)/C=C\c2cnn(-c3ccccc3)c2)C1. The van der Waals surface area contributed by atoms with Gasteiger partial charge in [-0.1, -0.05) is 18.2 Å². The maximum absolute atomic E-state index is 12.1. The summed E-state index contributed by atoms with van der Waals surface area (Å²) in [6.07, 6.45) is 7.44. The minimum Gasteiger partial charge on any atom is -0.369 e. The number of hydrogen-bond donors (Lipinski definition) is 1. The Hall–Kier alpha value is -2.89. The van der Waals surface area contributed by atoms with Crippen LogP contribution in [0.1, 0.15) is 12.0 Å². The quantitative estimate of drug-likeness (QED) is 0.862. The number of primary amides is 1. The van der Waals surface area contributed by atoms with E-state index in [1.807, 2.05) is 36.5 Å². The van der Waals surface area contributed by atoms with Crippen molar-refractivity contribution in [1.82, 2.24) is 14.7 Å². The number of rotatable bonds is 4. The van der Waals surface area contributed by atoms with Gasteiger partial charge in [-0.25, -0.2) is 4.68 Å². The van der Waals surface area contributed by atoms with Crippen molar-refractivity contribution in [2.45, 2.75) is 6.42 Å². The fourth-order valence-electron chi connectivity index (χ4n) is 2.61. The van der Waals surface area contributed by atoms with E-state index in [4.69, 9.17) is 5.73 Å². The molecule has 0 saturated carbocycles. The molecular formula is C17H18N4O2. The molecule has 1 aromatic carbocycles. The Bertz CT molecular complexity index is 736. The molecule has 1 aromatic heterocycles. The zero-order chi connectivity index (χ0) is 16.2. The first kappa shape index (κ1) is 15.0. The van der Waals surface area contributed by atoms with Crippen molar-refractivity contribution in [2.75, 3.05) is 13.1 Å². The summed E-state index contributed by atoms with van der Waals surface area (Å²) in [7, 11) is 0. The molecule has 2 heterocycles. The molecule has 23 heavy (non-hydrogen) atoms. The number of carbonyl (C=O) groups is 2. The fraction of sp³-hybridized carbons (Fsp3) is 0.235. The summed E-state index contributed by atoms with van der Waals surface area (Å²) in [5.74, 6) is -0.678. The van der Waals surface area contributed by atoms with Gasteiger partial charge in [0.05, 0.1) is 17.8 Å². The summed E-state index contributed by atoms with van der Waals surface area (Å²) >= 11 is 0. The average Bonchev–Trinajstić information content (AvgIpc) is 3.23. The van der Waals surface area contributed by atoms with Gasteiger partial charge >= 0.3 is 0 Å². The van der Waals surface area contributed by atoms with E-state index in [9.17, 15) is 9.59 Å². The summed E-state index contributed by atoms with van der Waals surface area (Å²) < 4.78 is 1.75. The van der Waals surface area contributed by atoms with Gasteiger partial charge < -0.3 is 10.6 Å². The van der Waals surface area contributed by atoms with E-state index < -0.39 is 0 Å². The second kappa shape index (κ2) is 6.48. The first-order valence-electron chi connectivity index (χ1n) is 7.50. The number of aromatic nitrogens is 2. The third kappa shape index (κ3) is 3.48. The third-order valence-corrected chi connectivity index (χ3v) is 3.94. The summed E-state index contributed by atoms with van der Waals surface area (Å²) in [6.45, 7) is 0.974. The number of benzene rings is 1. The summed E-state index contributed by atoms with van der Waals surface area (Å²) in [6, 6.07) is 9.75. The van der Waals surface area contributed by atoms with Crippen LogP contribution >= 0.6 is 0 Å². The molecule has 0 bridgehead atoms. The van der Waals surface area contributed by atoms with Crippen molar-refractivity contribution >= 4 is 17.9 Å². The van der Waals surface area contributed by atoms with E-state index in [0.717, 1.165) is 11.3 Å². The van der Waals surface area contributed by atoms with Gasteiger partial charge in [-0.2, -0.15) is 5.10 Å². The predicted molar refractivity (Wildman–Crippen MR) is 86.5 cm³/mol. The van der Waals surface area contributed by atoms with Crippen LogP contribution in [0, 0.1) is 5.92 Å². The number of likely N-dealkylation sites (tertiary alicyclic amines) is 1. The van der Waals surface area contributed by atoms with Gasteiger partial charge in [0.15, 0.2) is 0 Å². The lowest BCUT2D eigenvalue weighted by molar-refractivity contribution is -0.125. The molecule has 2 N–H and O–H groups in total. The predicted octanol–water partition coefficient (Wildman–Crippen LogP) is 1.22. The van der Waals surface area contributed by atoms with Gasteiger partial charge in [0.2, 0.25) is 11.8 Å². The molecule has 6 heteroatoms. The van der Waals surface area contributed by atoms with Crippen LogP contribution in [-0.2, 0) is 9.59 Å². The van der Waals surface area contributed by atoms with Crippen LogP contribution in [0.4, 0.5) is 0 Å². The Kier molecular flexibility index (Phi) is 4.23. The molecule has 0 unspecified atom stereocenters. The third-order valence-electron chi connectivity index (χ3n) is 3.94. The first-order chi connectivity index (χ1) is 11.1. The van der Waals surface area contributed by atoms with Crippen LogP contribution in [0.25, 0.3) is 11.8 Å². The van der Waals surface area contributed by atoms with Crippen molar-refractivity contribution in [3.8, 4) is 5.69 Å². The lowest BCUT2D eigenvalue weighted by Crippen LogP contribution is -2.30. The normalized spacial score (nSPS) is 17.7. The molecule has 1 aliphatic rings. The largest absolute Gasteiger partial charge is 0.369 e. The fourth-order valence-corrected chi connectivity index (χ4v) is 2.61. The average molecular weight is 310 g/mol. The molecule has 1 aliphatic heterocycles. The van der Waals surface area contributed by atoms with E-state index in [1.54, 1.807) is 21.9 Å². The molecule has 2 amide bonds. The zero-order valence-corrected chi connectivity index (χ0v) is 12.6.